The van der Waals surface area contributed by atoms with E-state index in [9.17, 15) is 9.90 Å². The van der Waals surface area contributed by atoms with Gasteiger partial charge in [-0.25, -0.2) is 4.79 Å². The van der Waals surface area contributed by atoms with Crippen LogP contribution in [-0.4, -0.2) is 30.9 Å². The van der Waals surface area contributed by atoms with E-state index < -0.39 is 0 Å². The van der Waals surface area contributed by atoms with Crippen molar-refractivity contribution in [3.63, 3.8) is 0 Å². The number of carbonyl (C=O) groups excluding carboxylic acids is 1. The molecule has 2 amide bonds. The molecule has 0 radical (unpaired) electrons. The Hall–Kier alpha value is -1.59. The van der Waals surface area contributed by atoms with E-state index in [1.54, 1.807) is 7.11 Å². The van der Waals surface area contributed by atoms with E-state index >= 15 is 0 Å². The molecule has 3 N–H and O–H groups in total. The molecule has 4 atom stereocenters. The Balaban J connectivity index is 1.48. The molecule has 2 aliphatic rings. The average Bonchev–Trinajstić information content (AvgIpc) is 3.16. The van der Waals surface area contributed by atoms with E-state index in [1.165, 1.54) is 12.8 Å². The minimum absolute atomic E-state index is 0.128. The molecule has 0 aliphatic heterocycles. The lowest BCUT2D eigenvalue weighted by molar-refractivity contribution is 0.144. The number of hydrogen-bond acceptors (Lipinski definition) is 3. The standard InChI is InChI=1S/C18H26N2O3/c1-23-11-13-4-2-12(3-5-13)9-19-18(22)20-17-15-7-6-14(8-15)16(17)10-21/h2-5,14-17,21H,6-11H2,1H3,(H2,19,20,22). The van der Waals surface area contributed by atoms with Gasteiger partial charge in [-0.15, -0.1) is 0 Å². The highest BCUT2D eigenvalue weighted by molar-refractivity contribution is 5.74. The van der Waals surface area contributed by atoms with E-state index in [2.05, 4.69) is 10.6 Å². The Morgan fingerprint density at radius 3 is 2.61 bits per heavy atom. The molecule has 1 aromatic carbocycles. The van der Waals surface area contributed by atoms with Crippen molar-refractivity contribution >= 4 is 6.03 Å². The van der Waals surface area contributed by atoms with Crippen molar-refractivity contribution < 1.29 is 14.6 Å². The van der Waals surface area contributed by atoms with Crippen LogP contribution in [0.5, 0.6) is 0 Å². The predicted molar refractivity (Wildman–Crippen MR) is 87.7 cm³/mol. The summed E-state index contributed by atoms with van der Waals surface area (Å²) in [5.74, 6) is 1.35. The van der Waals surface area contributed by atoms with Crippen LogP contribution in [0.3, 0.4) is 0 Å². The van der Waals surface area contributed by atoms with Gasteiger partial charge in [-0.05, 0) is 42.2 Å². The first-order chi connectivity index (χ1) is 11.2. The number of methoxy groups -OCH3 is 1. The molecule has 0 aromatic heterocycles. The van der Waals surface area contributed by atoms with Crippen molar-refractivity contribution in [3.05, 3.63) is 35.4 Å². The largest absolute Gasteiger partial charge is 0.396 e. The Bertz CT molecular complexity index is 532. The lowest BCUT2D eigenvalue weighted by atomic mass is 9.85. The van der Waals surface area contributed by atoms with Crippen LogP contribution in [-0.2, 0) is 17.9 Å². The van der Waals surface area contributed by atoms with Gasteiger partial charge in [0.25, 0.3) is 0 Å². The molecular formula is C18H26N2O3. The fourth-order valence-corrected chi connectivity index (χ4v) is 4.20. The molecule has 1 aromatic rings. The Morgan fingerprint density at radius 1 is 1.22 bits per heavy atom. The van der Waals surface area contributed by atoms with Crippen molar-refractivity contribution in [1.82, 2.24) is 10.6 Å². The Kier molecular flexibility index (Phi) is 5.18. The zero-order valence-corrected chi connectivity index (χ0v) is 13.6. The summed E-state index contributed by atoms with van der Waals surface area (Å²) in [5, 5.41) is 15.6. The number of urea groups is 1. The van der Waals surface area contributed by atoms with Gasteiger partial charge in [-0.1, -0.05) is 24.3 Å². The van der Waals surface area contributed by atoms with Crippen LogP contribution in [0.2, 0.25) is 0 Å². The maximum atomic E-state index is 12.2. The van der Waals surface area contributed by atoms with E-state index in [0.717, 1.165) is 17.5 Å². The summed E-state index contributed by atoms with van der Waals surface area (Å²) in [6, 6.07) is 8.02. The molecule has 23 heavy (non-hydrogen) atoms. The van der Waals surface area contributed by atoms with Crippen LogP contribution in [0, 0.1) is 17.8 Å². The zero-order chi connectivity index (χ0) is 16.2. The maximum Gasteiger partial charge on any atom is 0.315 e. The predicted octanol–water partition coefficient (Wildman–Crippen LogP) is 2.04. The molecule has 0 spiro atoms. The van der Waals surface area contributed by atoms with Gasteiger partial charge in [0.15, 0.2) is 0 Å². The van der Waals surface area contributed by atoms with E-state index in [-0.39, 0.29) is 24.6 Å². The molecular weight excluding hydrogens is 292 g/mol. The first-order valence-corrected chi connectivity index (χ1v) is 8.43. The number of aliphatic hydroxyl groups is 1. The van der Waals surface area contributed by atoms with Crippen LogP contribution in [0.25, 0.3) is 0 Å². The molecule has 0 heterocycles. The Morgan fingerprint density at radius 2 is 1.91 bits per heavy atom. The molecule has 3 rings (SSSR count). The fraction of sp³-hybridized carbons (Fsp3) is 0.611. The van der Waals surface area contributed by atoms with E-state index in [4.69, 9.17) is 4.74 Å². The molecule has 5 heteroatoms. The summed E-state index contributed by atoms with van der Waals surface area (Å²) < 4.78 is 5.08. The number of benzene rings is 1. The van der Waals surface area contributed by atoms with Gasteiger partial charge >= 0.3 is 6.03 Å². The lowest BCUT2D eigenvalue weighted by Crippen LogP contribution is -2.48. The van der Waals surface area contributed by atoms with Gasteiger partial charge in [0.1, 0.15) is 0 Å². The normalized spacial score (nSPS) is 28.8. The summed E-state index contributed by atoms with van der Waals surface area (Å²) in [7, 11) is 1.68. The summed E-state index contributed by atoms with van der Waals surface area (Å²) in [4.78, 5) is 12.2. The number of carbonyl (C=O) groups is 1. The highest BCUT2D eigenvalue weighted by Crippen LogP contribution is 2.48. The molecule has 0 saturated heterocycles. The lowest BCUT2D eigenvalue weighted by Gasteiger charge is -2.30. The smallest absolute Gasteiger partial charge is 0.315 e. The summed E-state index contributed by atoms with van der Waals surface area (Å²) in [6.07, 6.45) is 3.52. The quantitative estimate of drug-likeness (QED) is 0.752. The van der Waals surface area contributed by atoms with Crippen LogP contribution in [0.15, 0.2) is 24.3 Å². The van der Waals surface area contributed by atoms with Gasteiger partial charge < -0.3 is 20.5 Å². The third kappa shape index (κ3) is 3.67. The third-order valence-corrected chi connectivity index (χ3v) is 5.38. The van der Waals surface area contributed by atoms with Crippen molar-refractivity contribution in [2.75, 3.05) is 13.7 Å². The van der Waals surface area contributed by atoms with Crippen LogP contribution in [0.1, 0.15) is 30.4 Å². The number of hydrogen-bond donors (Lipinski definition) is 3. The molecule has 126 valence electrons. The molecule has 4 unspecified atom stereocenters. The molecule has 5 nitrogen and oxygen atoms in total. The second-order valence-corrected chi connectivity index (χ2v) is 6.78. The maximum absolute atomic E-state index is 12.2. The minimum Gasteiger partial charge on any atom is -0.396 e. The molecule has 2 bridgehead atoms. The second-order valence-electron chi connectivity index (χ2n) is 6.78. The summed E-state index contributed by atoms with van der Waals surface area (Å²) in [6.45, 7) is 1.28. The number of fused-ring (bicyclic) bond motifs is 2. The molecule has 2 fully saturated rings. The van der Waals surface area contributed by atoms with Crippen LogP contribution < -0.4 is 10.6 Å². The van der Waals surface area contributed by atoms with E-state index in [1.807, 2.05) is 24.3 Å². The zero-order valence-electron chi connectivity index (χ0n) is 13.6. The van der Waals surface area contributed by atoms with Crippen molar-refractivity contribution in [2.24, 2.45) is 17.8 Å². The van der Waals surface area contributed by atoms with Gasteiger partial charge in [0.2, 0.25) is 0 Å². The monoisotopic (exact) mass is 318 g/mol. The first-order valence-electron chi connectivity index (χ1n) is 8.43. The van der Waals surface area contributed by atoms with Crippen molar-refractivity contribution in [2.45, 2.75) is 38.5 Å². The SMILES string of the molecule is COCc1ccc(CNC(=O)NC2C3CCC(C3)C2CO)cc1. The number of rotatable bonds is 6. The topological polar surface area (TPSA) is 70.6 Å². The fourth-order valence-electron chi connectivity index (χ4n) is 4.20. The summed E-state index contributed by atoms with van der Waals surface area (Å²) >= 11 is 0. The van der Waals surface area contributed by atoms with Crippen LogP contribution in [0.4, 0.5) is 4.79 Å². The van der Waals surface area contributed by atoms with Crippen molar-refractivity contribution in [1.29, 1.82) is 0 Å². The van der Waals surface area contributed by atoms with Crippen LogP contribution >= 0.6 is 0 Å². The average molecular weight is 318 g/mol. The van der Waals surface area contributed by atoms with E-state index in [0.29, 0.717) is 25.0 Å². The number of ether oxygens (including phenoxy) is 1. The number of aliphatic hydroxyl groups excluding tert-OH is 1. The first kappa shape index (κ1) is 16.3. The van der Waals surface area contributed by atoms with Gasteiger partial charge in [0, 0.05) is 32.2 Å². The second kappa shape index (κ2) is 7.32. The van der Waals surface area contributed by atoms with Gasteiger partial charge in [0.05, 0.1) is 6.61 Å². The minimum atomic E-state index is -0.137. The van der Waals surface area contributed by atoms with Crippen molar-refractivity contribution in [3.8, 4) is 0 Å². The van der Waals surface area contributed by atoms with Gasteiger partial charge in [-0.2, -0.15) is 0 Å². The number of amides is 2. The number of nitrogens with one attached hydrogen (secondary N) is 2. The third-order valence-electron chi connectivity index (χ3n) is 5.38. The highest BCUT2D eigenvalue weighted by Gasteiger charge is 2.47. The van der Waals surface area contributed by atoms with Gasteiger partial charge in [-0.3, -0.25) is 0 Å². The highest BCUT2D eigenvalue weighted by atomic mass is 16.5. The molecule has 2 saturated carbocycles. The molecule has 2 aliphatic carbocycles. The Labute approximate surface area is 137 Å². The summed E-state index contributed by atoms with van der Waals surface area (Å²) in [5.41, 5.74) is 2.18.